The number of likely N-dealkylation sites (N-methyl/N-ethyl adjacent to an activating group) is 1. The summed E-state index contributed by atoms with van der Waals surface area (Å²) in [6.07, 6.45) is 3.37. The van der Waals surface area contributed by atoms with Gasteiger partial charge in [0.1, 0.15) is 25.2 Å². The van der Waals surface area contributed by atoms with E-state index in [1.165, 1.54) is 17.3 Å². The van der Waals surface area contributed by atoms with Gasteiger partial charge in [-0.2, -0.15) is 5.10 Å². The normalized spacial score (nSPS) is 21.6. The maximum absolute atomic E-state index is 12.5. The zero-order valence-electron chi connectivity index (χ0n) is 12.5. The Kier molecular flexibility index (Phi) is 4.89. The van der Waals surface area contributed by atoms with Gasteiger partial charge in [0.25, 0.3) is 0 Å². The smallest absolute Gasteiger partial charge is 0.245 e. The Morgan fingerprint density at radius 2 is 2.10 bits per heavy atom. The number of amides is 2. The van der Waals surface area contributed by atoms with Crippen molar-refractivity contribution >= 4 is 11.8 Å². The third-order valence-corrected chi connectivity index (χ3v) is 3.78. The lowest BCUT2D eigenvalue weighted by Gasteiger charge is -2.28. The Morgan fingerprint density at radius 1 is 1.38 bits per heavy atom. The zero-order valence-corrected chi connectivity index (χ0v) is 12.5. The standard InChI is InChI=1S/C13H22N6O2/c1-3-17(4-2)13(21)11-5-10(14)6-19(11)12(20)7-18-9-15-8-16-18/h8-11H,3-7,14H2,1-2H3/t10-,11-/m0/s1. The van der Waals surface area contributed by atoms with Crippen LogP contribution in [-0.2, 0) is 16.1 Å². The molecule has 2 atom stereocenters. The number of aromatic nitrogens is 3. The minimum atomic E-state index is -0.462. The molecule has 1 aliphatic rings. The maximum atomic E-state index is 12.5. The van der Waals surface area contributed by atoms with E-state index in [2.05, 4.69) is 10.1 Å². The molecule has 2 heterocycles. The fraction of sp³-hybridized carbons (Fsp3) is 0.692. The summed E-state index contributed by atoms with van der Waals surface area (Å²) in [4.78, 5) is 32.0. The first-order valence-electron chi connectivity index (χ1n) is 7.23. The van der Waals surface area contributed by atoms with Crippen LogP contribution in [0.4, 0.5) is 0 Å². The minimum Gasteiger partial charge on any atom is -0.341 e. The van der Waals surface area contributed by atoms with Crippen molar-refractivity contribution in [3.63, 3.8) is 0 Å². The van der Waals surface area contributed by atoms with Gasteiger partial charge in [-0.1, -0.05) is 0 Å². The molecule has 0 spiro atoms. The SMILES string of the molecule is CCN(CC)C(=O)[C@@H]1C[C@H](N)CN1C(=O)Cn1cncn1. The Hall–Kier alpha value is -1.96. The summed E-state index contributed by atoms with van der Waals surface area (Å²) in [6, 6.07) is -0.620. The van der Waals surface area contributed by atoms with Crippen molar-refractivity contribution < 1.29 is 9.59 Å². The summed E-state index contributed by atoms with van der Waals surface area (Å²) >= 11 is 0. The molecule has 2 rings (SSSR count). The molecular formula is C13H22N6O2. The van der Waals surface area contributed by atoms with Crippen molar-refractivity contribution in [3.8, 4) is 0 Å². The van der Waals surface area contributed by atoms with Gasteiger partial charge < -0.3 is 15.5 Å². The molecule has 0 bridgehead atoms. The zero-order chi connectivity index (χ0) is 15.4. The van der Waals surface area contributed by atoms with Gasteiger partial charge >= 0.3 is 0 Å². The van der Waals surface area contributed by atoms with Crippen molar-refractivity contribution in [1.82, 2.24) is 24.6 Å². The highest BCUT2D eigenvalue weighted by Crippen LogP contribution is 2.19. The first-order chi connectivity index (χ1) is 10.1. The Labute approximate surface area is 123 Å². The summed E-state index contributed by atoms with van der Waals surface area (Å²) in [5, 5.41) is 3.92. The molecular weight excluding hydrogens is 272 g/mol. The second kappa shape index (κ2) is 6.66. The van der Waals surface area contributed by atoms with E-state index in [0.717, 1.165) is 0 Å². The lowest BCUT2D eigenvalue weighted by molar-refractivity contribution is -0.144. The topological polar surface area (TPSA) is 97.3 Å². The van der Waals surface area contributed by atoms with Crippen molar-refractivity contribution in [1.29, 1.82) is 0 Å². The summed E-state index contributed by atoms with van der Waals surface area (Å²) in [6.45, 7) is 5.61. The molecule has 0 aliphatic carbocycles. The number of hydrogen-bond donors (Lipinski definition) is 1. The second-order valence-electron chi connectivity index (χ2n) is 5.16. The van der Waals surface area contributed by atoms with E-state index in [-0.39, 0.29) is 24.4 Å². The van der Waals surface area contributed by atoms with Crippen LogP contribution in [-0.4, -0.2) is 68.1 Å². The average Bonchev–Trinajstić information content (AvgIpc) is 3.09. The van der Waals surface area contributed by atoms with E-state index in [9.17, 15) is 9.59 Å². The van der Waals surface area contributed by atoms with Crippen LogP contribution in [0.5, 0.6) is 0 Å². The minimum absolute atomic E-state index is 0.0279. The number of rotatable bonds is 5. The monoisotopic (exact) mass is 294 g/mol. The fourth-order valence-electron chi connectivity index (χ4n) is 2.67. The molecule has 1 aromatic heterocycles. The van der Waals surface area contributed by atoms with E-state index in [1.807, 2.05) is 13.8 Å². The van der Waals surface area contributed by atoms with Gasteiger partial charge in [-0.15, -0.1) is 0 Å². The van der Waals surface area contributed by atoms with Crippen LogP contribution < -0.4 is 5.73 Å². The number of likely N-dealkylation sites (tertiary alicyclic amines) is 1. The number of hydrogen-bond acceptors (Lipinski definition) is 5. The van der Waals surface area contributed by atoms with Gasteiger partial charge in [-0.3, -0.25) is 9.59 Å². The van der Waals surface area contributed by atoms with Crippen LogP contribution in [0.3, 0.4) is 0 Å². The van der Waals surface area contributed by atoms with Crippen LogP contribution in [0.2, 0.25) is 0 Å². The number of nitrogens with zero attached hydrogens (tertiary/aromatic N) is 5. The van der Waals surface area contributed by atoms with Gasteiger partial charge in [0.15, 0.2) is 0 Å². The molecule has 1 fully saturated rings. The first-order valence-corrected chi connectivity index (χ1v) is 7.23. The largest absolute Gasteiger partial charge is 0.341 e. The van der Waals surface area contributed by atoms with Crippen LogP contribution in [0.25, 0.3) is 0 Å². The highest BCUT2D eigenvalue weighted by Gasteiger charge is 2.39. The molecule has 0 unspecified atom stereocenters. The Morgan fingerprint density at radius 3 is 2.67 bits per heavy atom. The van der Waals surface area contributed by atoms with Crippen molar-refractivity contribution in [2.75, 3.05) is 19.6 Å². The summed E-state index contributed by atoms with van der Waals surface area (Å²) < 4.78 is 1.45. The highest BCUT2D eigenvalue weighted by molar-refractivity contribution is 5.88. The van der Waals surface area contributed by atoms with Gasteiger partial charge in [-0.25, -0.2) is 9.67 Å². The molecule has 116 valence electrons. The van der Waals surface area contributed by atoms with E-state index in [4.69, 9.17) is 5.73 Å². The molecule has 2 N–H and O–H groups in total. The van der Waals surface area contributed by atoms with Crippen molar-refractivity contribution in [2.45, 2.75) is 38.9 Å². The van der Waals surface area contributed by atoms with Crippen LogP contribution in [0, 0.1) is 0 Å². The van der Waals surface area contributed by atoms with Crippen molar-refractivity contribution in [2.24, 2.45) is 5.73 Å². The molecule has 1 aliphatic heterocycles. The maximum Gasteiger partial charge on any atom is 0.245 e. The van der Waals surface area contributed by atoms with Crippen LogP contribution in [0.15, 0.2) is 12.7 Å². The van der Waals surface area contributed by atoms with E-state index < -0.39 is 6.04 Å². The molecule has 8 nitrogen and oxygen atoms in total. The fourth-order valence-corrected chi connectivity index (χ4v) is 2.67. The van der Waals surface area contributed by atoms with Gasteiger partial charge in [0.05, 0.1) is 0 Å². The molecule has 8 heteroatoms. The quantitative estimate of drug-likeness (QED) is 0.757. The number of nitrogens with two attached hydrogens (primary N) is 1. The van der Waals surface area contributed by atoms with Gasteiger partial charge in [0.2, 0.25) is 11.8 Å². The first kappa shape index (κ1) is 15.4. The molecule has 0 radical (unpaired) electrons. The van der Waals surface area contributed by atoms with Crippen LogP contribution in [0.1, 0.15) is 20.3 Å². The molecule has 0 aromatic carbocycles. The summed E-state index contributed by atoms with van der Waals surface area (Å²) in [7, 11) is 0. The summed E-state index contributed by atoms with van der Waals surface area (Å²) in [5.41, 5.74) is 5.95. The predicted molar refractivity (Wildman–Crippen MR) is 76.0 cm³/mol. The predicted octanol–water partition coefficient (Wildman–Crippen LogP) is -0.925. The van der Waals surface area contributed by atoms with E-state index in [1.54, 1.807) is 9.80 Å². The molecule has 2 amide bonds. The number of carbonyl (C=O) groups is 2. The third kappa shape index (κ3) is 3.38. The average molecular weight is 294 g/mol. The van der Waals surface area contributed by atoms with Crippen LogP contribution >= 0.6 is 0 Å². The van der Waals surface area contributed by atoms with Crippen molar-refractivity contribution in [3.05, 3.63) is 12.7 Å². The molecule has 0 saturated carbocycles. The van der Waals surface area contributed by atoms with Gasteiger partial charge in [-0.05, 0) is 20.3 Å². The summed E-state index contributed by atoms with van der Waals surface area (Å²) in [5.74, 6) is -0.182. The molecule has 21 heavy (non-hydrogen) atoms. The second-order valence-corrected chi connectivity index (χ2v) is 5.16. The lowest BCUT2D eigenvalue weighted by atomic mass is 10.1. The molecule has 1 saturated heterocycles. The Bertz CT molecular complexity index is 485. The number of carbonyl (C=O) groups excluding carboxylic acids is 2. The van der Waals surface area contributed by atoms with E-state index >= 15 is 0 Å². The lowest BCUT2D eigenvalue weighted by Crippen LogP contribution is -2.48. The highest BCUT2D eigenvalue weighted by atomic mass is 16.2. The van der Waals surface area contributed by atoms with Gasteiger partial charge in [0, 0.05) is 25.7 Å². The third-order valence-electron chi connectivity index (χ3n) is 3.78. The molecule has 1 aromatic rings. The Balaban J connectivity index is 2.09. The van der Waals surface area contributed by atoms with E-state index in [0.29, 0.717) is 26.1 Å².